The van der Waals surface area contributed by atoms with Gasteiger partial charge in [-0.3, -0.25) is 0 Å². The Kier molecular flexibility index (Phi) is 3.61. The van der Waals surface area contributed by atoms with Gasteiger partial charge >= 0.3 is 0 Å². The maximum absolute atomic E-state index is 4.23. The van der Waals surface area contributed by atoms with E-state index in [9.17, 15) is 0 Å². The van der Waals surface area contributed by atoms with Gasteiger partial charge in [-0.1, -0.05) is 63.1 Å². The lowest BCUT2D eigenvalue weighted by molar-refractivity contribution is 0.566. The zero-order chi connectivity index (χ0) is 11.4. The van der Waals surface area contributed by atoms with Crippen molar-refractivity contribution in [1.82, 2.24) is 0 Å². The van der Waals surface area contributed by atoms with E-state index in [1.165, 1.54) is 48.8 Å². The van der Waals surface area contributed by atoms with Crippen LogP contribution >= 0.6 is 0 Å². The van der Waals surface area contributed by atoms with Gasteiger partial charge in [0.1, 0.15) is 0 Å². The van der Waals surface area contributed by atoms with E-state index in [-0.39, 0.29) is 0 Å². The van der Waals surface area contributed by atoms with Crippen LogP contribution in [0.5, 0.6) is 0 Å². The molecule has 1 saturated carbocycles. The molecule has 0 aromatic heterocycles. The highest BCUT2D eigenvalue weighted by Gasteiger charge is 2.16. The molecule has 0 saturated heterocycles. The van der Waals surface area contributed by atoms with Crippen LogP contribution in [0, 0.1) is 5.92 Å². The van der Waals surface area contributed by atoms with Crippen LogP contribution in [-0.2, 0) is 0 Å². The van der Waals surface area contributed by atoms with Gasteiger partial charge in [0.15, 0.2) is 0 Å². The van der Waals surface area contributed by atoms with Crippen molar-refractivity contribution in [2.45, 2.75) is 32.1 Å². The van der Waals surface area contributed by atoms with Crippen LogP contribution in [0.25, 0.3) is 11.6 Å². The number of hydrogen-bond donors (Lipinski definition) is 0. The minimum absolute atomic E-state index is 0.875. The van der Waals surface area contributed by atoms with Crippen LogP contribution < -0.4 is 0 Å². The zero-order valence-corrected chi connectivity index (χ0v) is 9.91. The summed E-state index contributed by atoms with van der Waals surface area (Å²) in [5, 5.41) is 0. The van der Waals surface area contributed by atoms with E-state index in [0.29, 0.717) is 0 Å². The van der Waals surface area contributed by atoms with Gasteiger partial charge < -0.3 is 0 Å². The van der Waals surface area contributed by atoms with Crippen molar-refractivity contribution < 1.29 is 0 Å². The molecular formula is C16H20. The second-order valence-corrected chi connectivity index (χ2v) is 4.79. The van der Waals surface area contributed by atoms with Crippen LogP contribution in [0.4, 0.5) is 0 Å². The van der Waals surface area contributed by atoms with Crippen molar-refractivity contribution in [2.75, 3.05) is 0 Å². The Morgan fingerprint density at radius 3 is 2.75 bits per heavy atom. The molecule has 84 valence electrons. The summed E-state index contributed by atoms with van der Waals surface area (Å²) in [5.41, 5.74) is 3.75. The van der Waals surface area contributed by atoms with E-state index in [0.717, 1.165) is 5.92 Å². The summed E-state index contributed by atoms with van der Waals surface area (Å²) in [6.45, 7) is 8.03. The smallest absolute Gasteiger partial charge is 0.0224 e. The lowest BCUT2D eigenvalue weighted by atomic mass is 9.93. The summed E-state index contributed by atoms with van der Waals surface area (Å²) in [4.78, 5) is 0. The Balaban J connectivity index is 2.04. The van der Waals surface area contributed by atoms with Crippen LogP contribution in [-0.4, -0.2) is 0 Å². The Morgan fingerprint density at radius 2 is 2.06 bits per heavy atom. The van der Waals surface area contributed by atoms with Gasteiger partial charge in [0, 0.05) is 0 Å². The van der Waals surface area contributed by atoms with Crippen molar-refractivity contribution in [3.63, 3.8) is 0 Å². The molecule has 1 aliphatic rings. The molecule has 1 aliphatic carbocycles. The molecule has 0 atom stereocenters. The second-order valence-electron chi connectivity index (χ2n) is 4.79. The van der Waals surface area contributed by atoms with Gasteiger partial charge in [0.05, 0.1) is 0 Å². The minimum Gasteiger partial charge on any atom is -0.0985 e. The van der Waals surface area contributed by atoms with Gasteiger partial charge in [-0.05, 0) is 35.1 Å². The van der Waals surface area contributed by atoms with Gasteiger partial charge in [-0.25, -0.2) is 0 Å². The molecule has 16 heavy (non-hydrogen) atoms. The highest BCUT2D eigenvalue weighted by Crippen LogP contribution is 2.32. The summed E-state index contributed by atoms with van der Waals surface area (Å²) < 4.78 is 0. The Labute approximate surface area is 98.7 Å². The average Bonchev–Trinajstić information content (AvgIpc) is 2.82. The highest BCUT2D eigenvalue weighted by molar-refractivity contribution is 5.66. The monoisotopic (exact) mass is 212 g/mol. The first kappa shape index (κ1) is 11.2. The maximum Gasteiger partial charge on any atom is -0.0224 e. The van der Waals surface area contributed by atoms with Crippen molar-refractivity contribution >= 4 is 11.6 Å². The van der Waals surface area contributed by atoms with E-state index >= 15 is 0 Å². The Bertz CT molecular complexity index is 381. The largest absolute Gasteiger partial charge is 0.0985 e. The first-order chi connectivity index (χ1) is 7.79. The molecule has 0 radical (unpaired) electrons. The lowest BCUT2D eigenvalue weighted by Crippen LogP contribution is -1.95. The van der Waals surface area contributed by atoms with Gasteiger partial charge in [0.2, 0.25) is 0 Å². The molecule has 0 heterocycles. The van der Waals surface area contributed by atoms with Gasteiger partial charge in [-0.2, -0.15) is 0 Å². The van der Waals surface area contributed by atoms with Crippen LogP contribution in [0.1, 0.15) is 43.2 Å². The molecule has 0 spiro atoms. The predicted octanol–water partition coefficient (Wildman–Crippen LogP) is 4.92. The van der Waals surface area contributed by atoms with E-state index in [4.69, 9.17) is 0 Å². The number of hydrogen-bond acceptors (Lipinski definition) is 0. The fourth-order valence-corrected chi connectivity index (χ4v) is 2.57. The van der Waals surface area contributed by atoms with E-state index in [1.807, 2.05) is 6.08 Å². The highest BCUT2D eigenvalue weighted by atomic mass is 14.2. The van der Waals surface area contributed by atoms with Crippen LogP contribution in [0.2, 0.25) is 0 Å². The molecule has 1 aromatic rings. The molecule has 0 unspecified atom stereocenters. The molecule has 0 aliphatic heterocycles. The molecular weight excluding hydrogens is 192 g/mol. The average molecular weight is 212 g/mol. The quantitative estimate of drug-likeness (QED) is 0.664. The summed E-state index contributed by atoms with van der Waals surface area (Å²) in [7, 11) is 0. The second kappa shape index (κ2) is 5.16. The van der Waals surface area contributed by atoms with Crippen molar-refractivity contribution in [2.24, 2.45) is 5.92 Å². The molecule has 0 bridgehead atoms. The number of allylic oxidation sites excluding steroid dienone is 1. The van der Waals surface area contributed by atoms with Crippen molar-refractivity contribution in [1.29, 1.82) is 0 Å². The zero-order valence-electron chi connectivity index (χ0n) is 9.91. The first-order valence-electron chi connectivity index (χ1n) is 6.20. The normalized spacial score (nSPS) is 16.2. The SMILES string of the molecule is C=Cc1cccc(C(=C)CC2CCCC2)c1. The molecule has 1 fully saturated rings. The fourth-order valence-electron chi connectivity index (χ4n) is 2.57. The molecule has 1 aromatic carbocycles. The molecule has 0 nitrogen and oxygen atoms in total. The Hall–Kier alpha value is -1.30. The maximum atomic E-state index is 4.23. The van der Waals surface area contributed by atoms with E-state index in [1.54, 1.807) is 0 Å². The van der Waals surface area contributed by atoms with Crippen LogP contribution in [0.15, 0.2) is 37.4 Å². The third-order valence-electron chi connectivity index (χ3n) is 3.54. The molecule has 0 amide bonds. The van der Waals surface area contributed by atoms with Gasteiger partial charge in [0.25, 0.3) is 0 Å². The van der Waals surface area contributed by atoms with E-state index < -0.39 is 0 Å². The fraction of sp³-hybridized carbons (Fsp3) is 0.375. The van der Waals surface area contributed by atoms with Crippen LogP contribution in [0.3, 0.4) is 0 Å². The third-order valence-corrected chi connectivity index (χ3v) is 3.54. The number of benzene rings is 1. The Morgan fingerprint density at radius 1 is 1.31 bits per heavy atom. The van der Waals surface area contributed by atoms with Crippen molar-refractivity contribution in [3.05, 3.63) is 48.6 Å². The van der Waals surface area contributed by atoms with E-state index in [2.05, 4.69) is 37.4 Å². The van der Waals surface area contributed by atoms with Gasteiger partial charge in [-0.15, -0.1) is 0 Å². The predicted molar refractivity (Wildman–Crippen MR) is 72.1 cm³/mol. The summed E-state index contributed by atoms with van der Waals surface area (Å²) in [6, 6.07) is 8.51. The standard InChI is InChI=1S/C16H20/c1-3-14-9-6-10-16(12-14)13(2)11-15-7-4-5-8-15/h3,6,9-10,12,15H,1-2,4-5,7-8,11H2. The summed E-state index contributed by atoms with van der Waals surface area (Å²) >= 11 is 0. The lowest BCUT2D eigenvalue weighted by Gasteiger charge is -2.12. The molecule has 0 N–H and O–H groups in total. The number of rotatable bonds is 4. The summed E-state index contributed by atoms with van der Waals surface area (Å²) in [5.74, 6) is 0.875. The minimum atomic E-state index is 0.875. The third kappa shape index (κ3) is 2.63. The first-order valence-corrected chi connectivity index (χ1v) is 6.20. The summed E-state index contributed by atoms with van der Waals surface area (Å²) in [6.07, 6.45) is 8.66. The topological polar surface area (TPSA) is 0 Å². The van der Waals surface area contributed by atoms with Crippen molar-refractivity contribution in [3.8, 4) is 0 Å². The molecule has 0 heteroatoms. The molecule has 2 rings (SSSR count).